The number of hydrogen-bond donors (Lipinski definition) is 1. The van der Waals surface area contributed by atoms with Crippen LogP contribution in [0.15, 0.2) is 0 Å². The lowest BCUT2D eigenvalue weighted by molar-refractivity contribution is -0.120. The number of Topliss-reactive ketones (excluding diaryl/α,β-unsaturated/α-hetero) is 2. The molecule has 94 valence electrons. The summed E-state index contributed by atoms with van der Waals surface area (Å²) in [6.45, 7) is 3.65. The Labute approximate surface area is 99.0 Å². The molecule has 1 atom stereocenters. The van der Waals surface area contributed by atoms with Crippen LogP contribution in [-0.2, 0) is 9.59 Å². The highest BCUT2D eigenvalue weighted by atomic mass is 16.1. The van der Waals surface area contributed by atoms with E-state index >= 15 is 0 Å². The van der Waals surface area contributed by atoms with Crippen molar-refractivity contribution in [3.05, 3.63) is 0 Å². The van der Waals surface area contributed by atoms with Crippen LogP contribution in [0.4, 0.5) is 0 Å². The van der Waals surface area contributed by atoms with E-state index in [1.54, 1.807) is 6.92 Å². The van der Waals surface area contributed by atoms with E-state index in [9.17, 15) is 9.59 Å². The molecule has 0 rings (SSSR count). The van der Waals surface area contributed by atoms with Crippen molar-refractivity contribution in [1.29, 1.82) is 0 Å². The second-order valence-corrected chi connectivity index (χ2v) is 4.34. The van der Waals surface area contributed by atoms with E-state index in [2.05, 4.69) is 5.32 Å². The molecule has 1 N–H and O–H groups in total. The molecule has 0 bridgehead atoms. The van der Waals surface area contributed by atoms with Crippen molar-refractivity contribution in [3.8, 4) is 0 Å². The standard InChI is InChI=1S/C13H25NO2/c1-4-8-12(16)9-6-5-7-10-13(14-3)11(2)15/h13-14H,4-10H2,1-3H3. The lowest BCUT2D eigenvalue weighted by atomic mass is 10.0. The third-order valence-corrected chi connectivity index (χ3v) is 2.82. The number of rotatable bonds is 10. The Morgan fingerprint density at radius 1 is 1.12 bits per heavy atom. The highest BCUT2D eigenvalue weighted by Crippen LogP contribution is 2.08. The number of carbonyl (C=O) groups is 2. The topological polar surface area (TPSA) is 46.2 Å². The van der Waals surface area contributed by atoms with Gasteiger partial charge in [0.1, 0.15) is 11.6 Å². The van der Waals surface area contributed by atoms with Crippen molar-refractivity contribution in [2.24, 2.45) is 0 Å². The van der Waals surface area contributed by atoms with E-state index in [0.717, 1.165) is 32.1 Å². The van der Waals surface area contributed by atoms with Crippen molar-refractivity contribution in [2.45, 2.75) is 64.8 Å². The predicted molar refractivity (Wildman–Crippen MR) is 66.5 cm³/mol. The Balaban J connectivity index is 3.45. The van der Waals surface area contributed by atoms with Crippen LogP contribution in [0.5, 0.6) is 0 Å². The first-order valence-corrected chi connectivity index (χ1v) is 6.31. The maximum atomic E-state index is 11.2. The molecular formula is C13H25NO2. The molecule has 0 aromatic rings. The summed E-state index contributed by atoms with van der Waals surface area (Å²) in [5.74, 6) is 0.573. The summed E-state index contributed by atoms with van der Waals surface area (Å²) in [5, 5.41) is 3.00. The summed E-state index contributed by atoms with van der Waals surface area (Å²) in [6.07, 6.45) is 6.28. The molecule has 1 unspecified atom stereocenters. The SMILES string of the molecule is CCCC(=O)CCCCCC(NC)C(C)=O. The van der Waals surface area contributed by atoms with Gasteiger partial charge in [0, 0.05) is 12.8 Å². The molecule has 0 aromatic heterocycles. The minimum Gasteiger partial charge on any atom is -0.311 e. The van der Waals surface area contributed by atoms with Crippen molar-refractivity contribution in [1.82, 2.24) is 5.32 Å². The normalized spacial score (nSPS) is 12.4. The average molecular weight is 227 g/mol. The van der Waals surface area contributed by atoms with E-state index < -0.39 is 0 Å². The van der Waals surface area contributed by atoms with Gasteiger partial charge in [-0.25, -0.2) is 0 Å². The zero-order chi connectivity index (χ0) is 12.4. The van der Waals surface area contributed by atoms with E-state index in [0.29, 0.717) is 18.6 Å². The maximum absolute atomic E-state index is 11.2. The lowest BCUT2D eigenvalue weighted by Crippen LogP contribution is -2.31. The highest BCUT2D eigenvalue weighted by Gasteiger charge is 2.10. The van der Waals surface area contributed by atoms with Gasteiger partial charge in [0.15, 0.2) is 0 Å². The largest absolute Gasteiger partial charge is 0.311 e. The van der Waals surface area contributed by atoms with Gasteiger partial charge in [-0.3, -0.25) is 9.59 Å². The molecule has 3 heteroatoms. The third-order valence-electron chi connectivity index (χ3n) is 2.82. The lowest BCUT2D eigenvalue weighted by Gasteiger charge is -2.11. The summed E-state index contributed by atoms with van der Waals surface area (Å²) in [5.41, 5.74) is 0. The molecule has 3 nitrogen and oxygen atoms in total. The zero-order valence-electron chi connectivity index (χ0n) is 10.8. The Bertz CT molecular complexity index is 214. The molecule has 0 amide bonds. The maximum Gasteiger partial charge on any atom is 0.146 e. The number of hydrogen-bond acceptors (Lipinski definition) is 3. The van der Waals surface area contributed by atoms with Gasteiger partial charge in [-0.2, -0.15) is 0 Å². The Kier molecular flexibility index (Phi) is 9.10. The van der Waals surface area contributed by atoms with Gasteiger partial charge in [0.25, 0.3) is 0 Å². The molecule has 0 radical (unpaired) electrons. The van der Waals surface area contributed by atoms with Crippen LogP contribution in [0.1, 0.15) is 58.8 Å². The highest BCUT2D eigenvalue weighted by molar-refractivity contribution is 5.81. The quantitative estimate of drug-likeness (QED) is 0.583. The average Bonchev–Trinajstić information content (AvgIpc) is 2.23. The van der Waals surface area contributed by atoms with Gasteiger partial charge in [0.2, 0.25) is 0 Å². The molecular weight excluding hydrogens is 202 g/mol. The van der Waals surface area contributed by atoms with Gasteiger partial charge in [-0.05, 0) is 33.2 Å². The first kappa shape index (κ1) is 15.3. The molecule has 0 spiro atoms. The number of ketones is 2. The van der Waals surface area contributed by atoms with E-state index in [1.807, 2.05) is 14.0 Å². The van der Waals surface area contributed by atoms with Gasteiger partial charge < -0.3 is 5.32 Å². The van der Waals surface area contributed by atoms with Crippen molar-refractivity contribution < 1.29 is 9.59 Å². The van der Waals surface area contributed by atoms with E-state index in [4.69, 9.17) is 0 Å². The monoisotopic (exact) mass is 227 g/mol. The fourth-order valence-electron chi connectivity index (χ4n) is 1.80. The second kappa shape index (κ2) is 9.52. The number of nitrogens with one attached hydrogen (secondary N) is 1. The minimum absolute atomic E-state index is 0.00802. The van der Waals surface area contributed by atoms with E-state index in [1.165, 1.54) is 0 Å². The Morgan fingerprint density at radius 3 is 2.31 bits per heavy atom. The summed E-state index contributed by atoms with van der Waals surface area (Å²) >= 11 is 0. The summed E-state index contributed by atoms with van der Waals surface area (Å²) in [4.78, 5) is 22.4. The molecule has 0 aliphatic carbocycles. The van der Waals surface area contributed by atoms with Crippen LogP contribution in [0.25, 0.3) is 0 Å². The van der Waals surface area contributed by atoms with Crippen LogP contribution in [0.2, 0.25) is 0 Å². The molecule has 0 aromatic carbocycles. The van der Waals surface area contributed by atoms with Gasteiger partial charge in [-0.15, -0.1) is 0 Å². The van der Waals surface area contributed by atoms with Gasteiger partial charge in [0.05, 0.1) is 6.04 Å². The molecule has 16 heavy (non-hydrogen) atoms. The summed E-state index contributed by atoms with van der Waals surface area (Å²) < 4.78 is 0. The predicted octanol–water partition coefficient (Wildman–Crippen LogP) is 2.48. The van der Waals surface area contributed by atoms with Crippen molar-refractivity contribution in [3.63, 3.8) is 0 Å². The first-order valence-electron chi connectivity index (χ1n) is 6.31. The van der Waals surface area contributed by atoms with Crippen LogP contribution in [0.3, 0.4) is 0 Å². The third kappa shape index (κ3) is 7.57. The molecule has 0 saturated heterocycles. The second-order valence-electron chi connectivity index (χ2n) is 4.34. The fourth-order valence-corrected chi connectivity index (χ4v) is 1.80. The van der Waals surface area contributed by atoms with Crippen LogP contribution in [0, 0.1) is 0 Å². The van der Waals surface area contributed by atoms with Crippen LogP contribution in [-0.4, -0.2) is 24.7 Å². The smallest absolute Gasteiger partial charge is 0.146 e. The summed E-state index contributed by atoms with van der Waals surface area (Å²) in [6, 6.07) is -0.00802. The van der Waals surface area contributed by atoms with Crippen molar-refractivity contribution >= 4 is 11.6 Å². The van der Waals surface area contributed by atoms with Gasteiger partial charge >= 0.3 is 0 Å². The number of unbranched alkanes of at least 4 members (excludes halogenated alkanes) is 2. The number of likely N-dealkylation sites (N-methyl/N-ethyl adjacent to an activating group) is 1. The van der Waals surface area contributed by atoms with Crippen LogP contribution < -0.4 is 5.32 Å². The summed E-state index contributed by atoms with van der Waals surface area (Å²) in [7, 11) is 1.82. The van der Waals surface area contributed by atoms with E-state index in [-0.39, 0.29) is 11.8 Å². The molecule has 0 aliphatic rings. The Morgan fingerprint density at radius 2 is 1.81 bits per heavy atom. The Hall–Kier alpha value is -0.700. The number of carbonyl (C=O) groups excluding carboxylic acids is 2. The molecule has 0 heterocycles. The molecule has 0 aliphatic heterocycles. The van der Waals surface area contributed by atoms with Gasteiger partial charge in [-0.1, -0.05) is 19.8 Å². The molecule has 0 fully saturated rings. The zero-order valence-corrected chi connectivity index (χ0v) is 10.8. The minimum atomic E-state index is -0.00802. The molecule has 0 saturated carbocycles. The van der Waals surface area contributed by atoms with Crippen LogP contribution >= 0.6 is 0 Å². The first-order chi connectivity index (χ1) is 7.61. The fraction of sp³-hybridized carbons (Fsp3) is 0.846. The van der Waals surface area contributed by atoms with Crippen molar-refractivity contribution in [2.75, 3.05) is 7.05 Å².